The molecule has 232 valence electrons. The van der Waals surface area contributed by atoms with E-state index < -0.39 is 111 Å². The molecule has 2 aliphatic heterocycles. The minimum atomic E-state index is -2.37. The number of carbonyl (C=O) groups excluding carboxylic acids is 6. The van der Waals surface area contributed by atoms with E-state index in [2.05, 4.69) is 0 Å². The van der Waals surface area contributed by atoms with Crippen molar-refractivity contribution in [1.29, 1.82) is 0 Å². The number of hydrogen-bond donors (Lipinski definition) is 1. The van der Waals surface area contributed by atoms with Gasteiger partial charge in [0, 0.05) is 41.5 Å². The molecule has 0 saturated carbocycles. The van der Waals surface area contributed by atoms with Crippen molar-refractivity contribution < 1.29 is 80.9 Å². The van der Waals surface area contributed by atoms with Gasteiger partial charge in [-0.3, -0.25) is 28.8 Å². The van der Waals surface area contributed by atoms with E-state index >= 15 is 4.39 Å². The molecule has 0 bridgehead atoms. The number of hydrogen-bond acceptors (Lipinski definition) is 16. The Hall–Kier alpha value is -3.41. The third-order valence-corrected chi connectivity index (χ3v) is 5.58. The van der Waals surface area contributed by atoms with E-state index in [1.165, 1.54) is 0 Å². The summed E-state index contributed by atoms with van der Waals surface area (Å²) in [7, 11) is 0. The van der Waals surface area contributed by atoms with Gasteiger partial charge in [0.25, 0.3) is 0 Å². The van der Waals surface area contributed by atoms with Crippen molar-refractivity contribution in [3.63, 3.8) is 0 Å². The zero-order chi connectivity index (χ0) is 31.0. The highest BCUT2D eigenvalue weighted by Gasteiger charge is 2.56. The first kappa shape index (κ1) is 33.8. The Morgan fingerprint density at radius 3 is 1.46 bits per heavy atom. The summed E-state index contributed by atoms with van der Waals surface area (Å²) in [5.41, 5.74) is 0. The quantitative estimate of drug-likeness (QED) is 0.237. The summed E-state index contributed by atoms with van der Waals surface area (Å²) in [4.78, 5) is 70.7. The molecule has 2 aliphatic rings. The van der Waals surface area contributed by atoms with Crippen LogP contribution >= 0.6 is 0 Å². The van der Waals surface area contributed by atoms with Gasteiger partial charge in [0.1, 0.15) is 31.5 Å². The van der Waals surface area contributed by atoms with Gasteiger partial charge >= 0.3 is 35.8 Å². The largest absolute Gasteiger partial charge is 0.463 e. The molecule has 17 heteroatoms. The lowest BCUT2D eigenvalue weighted by Crippen LogP contribution is -2.66. The molecule has 0 radical (unpaired) electrons. The second kappa shape index (κ2) is 15.0. The molecular formula is C24H33FO16. The van der Waals surface area contributed by atoms with Crippen LogP contribution in [0.1, 0.15) is 41.5 Å². The smallest absolute Gasteiger partial charge is 0.303 e. The van der Waals surface area contributed by atoms with Gasteiger partial charge in [-0.15, -0.1) is 0 Å². The van der Waals surface area contributed by atoms with Crippen molar-refractivity contribution in [2.24, 2.45) is 0 Å². The van der Waals surface area contributed by atoms with E-state index in [4.69, 9.17) is 42.6 Å². The zero-order valence-electron chi connectivity index (χ0n) is 23.1. The van der Waals surface area contributed by atoms with Crippen LogP contribution in [0.25, 0.3) is 0 Å². The van der Waals surface area contributed by atoms with Crippen molar-refractivity contribution in [2.75, 3.05) is 13.2 Å². The van der Waals surface area contributed by atoms with Crippen LogP contribution in [-0.4, -0.2) is 116 Å². The number of halogens is 1. The Balaban J connectivity index is 2.58. The van der Waals surface area contributed by atoms with Gasteiger partial charge < -0.3 is 47.7 Å². The molecule has 16 nitrogen and oxygen atoms in total. The van der Waals surface area contributed by atoms with E-state index in [1.807, 2.05) is 0 Å². The molecule has 0 aliphatic carbocycles. The summed E-state index contributed by atoms with van der Waals surface area (Å²) in [5.74, 6) is -5.22. The predicted molar refractivity (Wildman–Crippen MR) is 125 cm³/mol. The Morgan fingerprint density at radius 2 is 1.00 bits per heavy atom. The number of aliphatic hydroxyl groups excluding tert-OH is 1. The maximum atomic E-state index is 15.1. The summed E-state index contributed by atoms with van der Waals surface area (Å²) in [6, 6.07) is 0. The number of carbonyl (C=O) groups is 6. The molecule has 2 saturated heterocycles. The van der Waals surface area contributed by atoms with Crippen LogP contribution < -0.4 is 0 Å². The van der Waals surface area contributed by atoms with Gasteiger partial charge in [0.15, 0.2) is 43.2 Å². The van der Waals surface area contributed by atoms with Crippen LogP contribution in [0.3, 0.4) is 0 Å². The average Bonchev–Trinajstić information content (AvgIpc) is 2.83. The average molecular weight is 597 g/mol. The van der Waals surface area contributed by atoms with Gasteiger partial charge in [-0.2, -0.15) is 0 Å². The fourth-order valence-electron chi connectivity index (χ4n) is 4.16. The third kappa shape index (κ3) is 9.87. The maximum absolute atomic E-state index is 15.1. The monoisotopic (exact) mass is 596 g/mol. The summed E-state index contributed by atoms with van der Waals surface area (Å²) in [6.45, 7) is 4.96. The predicted octanol–water partition coefficient (Wildman–Crippen LogP) is -0.995. The summed E-state index contributed by atoms with van der Waals surface area (Å²) in [6.07, 6.45) is -17.6. The Morgan fingerprint density at radius 1 is 0.585 bits per heavy atom. The molecule has 2 rings (SSSR count). The highest BCUT2D eigenvalue weighted by molar-refractivity contribution is 5.69. The zero-order valence-corrected chi connectivity index (χ0v) is 23.1. The molecule has 2 heterocycles. The molecule has 1 N–H and O–H groups in total. The van der Waals surface area contributed by atoms with Crippen LogP contribution in [0.5, 0.6) is 0 Å². The first-order chi connectivity index (χ1) is 19.1. The molecule has 0 amide bonds. The fraction of sp³-hybridized carbons (Fsp3) is 0.750. The van der Waals surface area contributed by atoms with Gasteiger partial charge in [-0.1, -0.05) is 0 Å². The third-order valence-electron chi connectivity index (χ3n) is 5.58. The van der Waals surface area contributed by atoms with Gasteiger partial charge in [0.05, 0.1) is 0 Å². The van der Waals surface area contributed by atoms with Crippen LogP contribution in [-0.2, 0) is 71.4 Å². The minimum absolute atomic E-state index is 0.576. The molecule has 2 fully saturated rings. The Kier molecular flexibility index (Phi) is 12.4. The fourth-order valence-corrected chi connectivity index (χ4v) is 4.16. The number of alkyl halides is 1. The van der Waals surface area contributed by atoms with Crippen LogP contribution in [0, 0.1) is 0 Å². The number of aliphatic hydroxyl groups is 1. The highest BCUT2D eigenvalue weighted by Crippen LogP contribution is 2.34. The summed E-state index contributed by atoms with van der Waals surface area (Å²) in [5, 5.41) is 10.1. The standard InChI is InChI=1S/C24H33FO16/c1-9(26)33-7-15-18(20(36-12(4)29)17(25)23(32)39-15)41-24-22(38-14(6)31)21(37-13(5)30)19(35-11(3)28)16(40-24)8-34-10(2)27/h15-24,32H,7-8H2,1-6H3/t15-,16-,17+,18?,19+,20-,21+,22-,23-,24?/m1/s1. The lowest BCUT2D eigenvalue weighted by molar-refractivity contribution is -0.352. The first-order valence-electron chi connectivity index (χ1n) is 12.3. The normalized spacial score (nSPS) is 33.1. The second-order valence-electron chi connectivity index (χ2n) is 9.05. The van der Waals surface area contributed by atoms with Crippen LogP contribution in [0.15, 0.2) is 0 Å². The topological polar surface area (TPSA) is 206 Å². The highest BCUT2D eigenvalue weighted by atomic mass is 19.1. The number of esters is 6. The first-order valence-corrected chi connectivity index (χ1v) is 12.3. The molecule has 2 unspecified atom stereocenters. The molecule has 0 aromatic heterocycles. The van der Waals surface area contributed by atoms with E-state index in [-0.39, 0.29) is 0 Å². The molecular weight excluding hydrogens is 563 g/mol. The van der Waals surface area contributed by atoms with E-state index in [1.54, 1.807) is 0 Å². The Labute approximate surface area is 233 Å². The number of ether oxygens (including phenoxy) is 9. The second-order valence-corrected chi connectivity index (χ2v) is 9.05. The van der Waals surface area contributed by atoms with Gasteiger partial charge in [-0.05, 0) is 0 Å². The molecule has 0 aromatic rings. The molecule has 0 aromatic carbocycles. The van der Waals surface area contributed by atoms with Gasteiger partial charge in [-0.25, -0.2) is 4.39 Å². The lowest BCUT2D eigenvalue weighted by atomic mass is 9.96. The van der Waals surface area contributed by atoms with Crippen LogP contribution in [0.2, 0.25) is 0 Å². The summed E-state index contributed by atoms with van der Waals surface area (Å²) < 4.78 is 62.9. The lowest BCUT2D eigenvalue weighted by Gasteiger charge is -2.47. The van der Waals surface area contributed by atoms with Crippen molar-refractivity contribution in [1.82, 2.24) is 0 Å². The maximum Gasteiger partial charge on any atom is 0.303 e. The van der Waals surface area contributed by atoms with Gasteiger partial charge in [0.2, 0.25) is 0 Å². The van der Waals surface area contributed by atoms with Crippen LogP contribution in [0.4, 0.5) is 4.39 Å². The molecule has 0 spiro atoms. The van der Waals surface area contributed by atoms with Crippen molar-refractivity contribution in [2.45, 2.75) is 103 Å². The van der Waals surface area contributed by atoms with Crippen molar-refractivity contribution in [3.05, 3.63) is 0 Å². The van der Waals surface area contributed by atoms with E-state index in [0.29, 0.717) is 0 Å². The van der Waals surface area contributed by atoms with Crippen molar-refractivity contribution >= 4 is 35.8 Å². The van der Waals surface area contributed by atoms with E-state index in [0.717, 1.165) is 41.5 Å². The van der Waals surface area contributed by atoms with Crippen molar-refractivity contribution in [3.8, 4) is 0 Å². The number of rotatable bonds is 10. The molecule has 10 atom stereocenters. The van der Waals surface area contributed by atoms with E-state index in [9.17, 15) is 33.9 Å². The molecule has 41 heavy (non-hydrogen) atoms. The minimum Gasteiger partial charge on any atom is -0.463 e. The Bertz CT molecular complexity index is 987. The summed E-state index contributed by atoms with van der Waals surface area (Å²) >= 11 is 0. The SMILES string of the molecule is CC(=O)OC[C@H]1O[C@@H](O)[C@@H](F)[C@@H](OC(C)=O)C1OC1O[C@H](COC(C)=O)[C@H](OC(C)=O)[C@H](OC(C)=O)[C@H]1OC(C)=O.